The maximum absolute atomic E-state index is 12.4. The van der Waals surface area contributed by atoms with Gasteiger partial charge < -0.3 is 11.1 Å². The minimum absolute atomic E-state index is 0. The minimum Gasteiger partial charge on any atom is -0.314 e. The molecule has 1 heterocycles. The number of rotatable bonds is 4. The zero-order valence-electron chi connectivity index (χ0n) is 12.0. The van der Waals surface area contributed by atoms with Crippen molar-refractivity contribution in [3.63, 3.8) is 0 Å². The van der Waals surface area contributed by atoms with E-state index in [1.54, 1.807) is 6.92 Å². The molecule has 1 unspecified atom stereocenters. The van der Waals surface area contributed by atoms with Crippen LogP contribution in [-0.2, 0) is 10.3 Å². The van der Waals surface area contributed by atoms with Crippen LogP contribution < -0.4 is 11.1 Å². The van der Waals surface area contributed by atoms with Gasteiger partial charge in [0.25, 0.3) is 5.91 Å². The van der Waals surface area contributed by atoms with E-state index in [1.807, 2.05) is 29.6 Å². The van der Waals surface area contributed by atoms with Gasteiger partial charge in [-0.2, -0.15) is 0 Å². The molecule has 7 heteroatoms. The van der Waals surface area contributed by atoms with Gasteiger partial charge in [0.15, 0.2) is 5.13 Å². The van der Waals surface area contributed by atoms with E-state index in [-0.39, 0.29) is 18.3 Å². The van der Waals surface area contributed by atoms with Crippen LogP contribution in [0.25, 0.3) is 0 Å². The number of nitrogens with one attached hydrogen (secondary N) is 1. The Morgan fingerprint density at radius 1 is 1.41 bits per heavy atom. The fourth-order valence-electron chi connectivity index (χ4n) is 2.06. The summed E-state index contributed by atoms with van der Waals surface area (Å²) in [5.74, 6) is 0.337. The summed E-state index contributed by atoms with van der Waals surface area (Å²) in [4.78, 5) is 16.9. The lowest BCUT2D eigenvalue weighted by Crippen LogP contribution is -2.45. The van der Waals surface area contributed by atoms with E-state index in [2.05, 4.69) is 26.2 Å². The van der Waals surface area contributed by atoms with E-state index in [9.17, 15) is 4.79 Å². The maximum atomic E-state index is 12.4. The van der Waals surface area contributed by atoms with Crippen LogP contribution in [0.5, 0.6) is 0 Å². The van der Waals surface area contributed by atoms with Crippen molar-refractivity contribution < 1.29 is 4.79 Å². The zero-order chi connectivity index (χ0) is 15.0. The summed E-state index contributed by atoms with van der Waals surface area (Å²) in [6.07, 6.45) is 2.40. The molecule has 4 nitrogen and oxygen atoms in total. The Hall–Kier alpha value is -0.950. The first-order valence-electron chi connectivity index (χ1n) is 6.78. The second kappa shape index (κ2) is 6.66. The molecule has 2 aromatic rings. The predicted molar refractivity (Wildman–Crippen MR) is 95.6 cm³/mol. The fourth-order valence-corrected chi connectivity index (χ4v) is 3.12. The molecule has 0 bridgehead atoms. The number of aromatic nitrogens is 1. The quantitative estimate of drug-likeness (QED) is 0.811. The Morgan fingerprint density at radius 3 is 2.64 bits per heavy atom. The number of benzene rings is 1. The van der Waals surface area contributed by atoms with Crippen molar-refractivity contribution >= 4 is 50.7 Å². The lowest BCUT2D eigenvalue weighted by atomic mass is 9.92. The molecule has 1 saturated carbocycles. The third-order valence-electron chi connectivity index (χ3n) is 3.65. The number of thiazole rings is 1. The van der Waals surface area contributed by atoms with Crippen LogP contribution in [0, 0.1) is 0 Å². The molecule has 3 rings (SSSR count). The van der Waals surface area contributed by atoms with Gasteiger partial charge in [0.2, 0.25) is 0 Å². The molecule has 1 fully saturated rings. The summed E-state index contributed by atoms with van der Waals surface area (Å²) in [5.41, 5.74) is 6.96. The number of carbonyl (C=O) groups excluding carboxylic acids is 1. The van der Waals surface area contributed by atoms with Crippen LogP contribution in [-0.4, -0.2) is 10.9 Å². The number of hydrogen-bond donors (Lipinski definition) is 2. The summed E-state index contributed by atoms with van der Waals surface area (Å²) in [7, 11) is 0. The van der Waals surface area contributed by atoms with Crippen molar-refractivity contribution in [2.75, 3.05) is 5.32 Å². The number of amides is 1. The Morgan fingerprint density at radius 2 is 2.05 bits per heavy atom. The molecule has 1 aliphatic carbocycles. The average molecular weight is 403 g/mol. The number of hydrogen-bond acceptors (Lipinski definition) is 4. The Bertz CT molecular complexity index is 668. The Kier molecular flexibility index (Phi) is 5.27. The van der Waals surface area contributed by atoms with Gasteiger partial charge in [0, 0.05) is 15.8 Å². The van der Waals surface area contributed by atoms with Crippen LogP contribution in [0.3, 0.4) is 0 Å². The lowest BCUT2D eigenvalue weighted by Gasteiger charge is -2.23. The van der Waals surface area contributed by atoms with Crippen molar-refractivity contribution in [2.24, 2.45) is 5.73 Å². The molecular weight excluding hydrogens is 386 g/mol. The van der Waals surface area contributed by atoms with Gasteiger partial charge in [0.05, 0.1) is 5.69 Å². The van der Waals surface area contributed by atoms with Crippen molar-refractivity contribution in [2.45, 2.75) is 31.2 Å². The summed E-state index contributed by atoms with van der Waals surface area (Å²) in [5, 5.41) is 5.47. The van der Waals surface area contributed by atoms with E-state index >= 15 is 0 Å². The second-order valence-electron chi connectivity index (χ2n) is 5.52. The number of nitrogens with two attached hydrogens (primary N) is 1. The first kappa shape index (κ1) is 17.4. The van der Waals surface area contributed by atoms with Crippen LogP contribution in [0.15, 0.2) is 34.1 Å². The maximum Gasteiger partial charge on any atom is 0.250 e. The van der Waals surface area contributed by atoms with Gasteiger partial charge in [-0.15, -0.1) is 23.7 Å². The van der Waals surface area contributed by atoms with Gasteiger partial charge in [-0.3, -0.25) is 4.79 Å². The van der Waals surface area contributed by atoms with Crippen molar-refractivity contribution in [3.8, 4) is 0 Å². The van der Waals surface area contributed by atoms with E-state index in [0.29, 0.717) is 11.0 Å². The molecule has 118 valence electrons. The van der Waals surface area contributed by atoms with E-state index in [0.717, 1.165) is 15.7 Å². The highest BCUT2D eigenvalue weighted by molar-refractivity contribution is 9.10. The van der Waals surface area contributed by atoms with Crippen LogP contribution in [0.4, 0.5) is 5.13 Å². The van der Waals surface area contributed by atoms with Crippen LogP contribution >= 0.6 is 39.7 Å². The monoisotopic (exact) mass is 401 g/mol. The molecular formula is C15H17BrClN3OS. The molecule has 22 heavy (non-hydrogen) atoms. The molecule has 0 saturated heterocycles. The number of nitrogens with zero attached hydrogens (tertiary/aromatic N) is 1. The highest BCUT2D eigenvalue weighted by Crippen LogP contribution is 2.41. The van der Waals surface area contributed by atoms with Gasteiger partial charge in [-0.1, -0.05) is 28.1 Å². The summed E-state index contributed by atoms with van der Waals surface area (Å²) >= 11 is 4.83. The third-order valence-corrected chi connectivity index (χ3v) is 4.96. The van der Waals surface area contributed by atoms with Gasteiger partial charge in [0.1, 0.15) is 5.54 Å². The first-order chi connectivity index (χ1) is 9.96. The van der Waals surface area contributed by atoms with Crippen LogP contribution in [0.2, 0.25) is 0 Å². The number of carbonyl (C=O) groups is 1. The molecule has 3 N–H and O–H groups in total. The van der Waals surface area contributed by atoms with Crippen LogP contribution in [0.1, 0.15) is 36.9 Å². The minimum atomic E-state index is -1.09. The number of halogens is 2. The van der Waals surface area contributed by atoms with Gasteiger partial charge >= 0.3 is 0 Å². The normalized spacial score (nSPS) is 16.5. The highest BCUT2D eigenvalue weighted by atomic mass is 79.9. The van der Waals surface area contributed by atoms with Crippen molar-refractivity contribution in [1.29, 1.82) is 0 Å². The topological polar surface area (TPSA) is 68.0 Å². The predicted octanol–water partition coefficient (Wildman–Crippen LogP) is 4.02. The highest BCUT2D eigenvalue weighted by Gasteiger charge is 2.32. The molecule has 1 atom stereocenters. The standard InChI is InChI=1S/C15H16BrN3OS.ClH/c1-15(17,10-4-6-11(16)7-5-10)13(20)19-14-18-12(8-21-14)9-2-3-9;/h4-9H,2-3,17H2,1H3,(H,18,19,20);1H. The Balaban J connectivity index is 0.00000176. The SMILES string of the molecule is CC(N)(C(=O)Nc1nc(C2CC2)cs1)c1ccc(Br)cc1.Cl. The molecule has 0 radical (unpaired) electrons. The molecule has 1 aromatic carbocycles. The van der Waals surface area contributed by atoms with Gasteiger partial charge in [-0.25, -0.2) is 4.98 Å². The number of anilines is 1. The fraction of sp³-hybridized carbons (Fsp3) is 0.333. The smallest absolute Gasteiger partial charge is 0.250 e. The summed E-state index contributed by atoms with van der Waals surface area (Å²) in [6.45, 7) is 1.71. The zero-order valence-corrected chi connectivity index (χ0v) is 15.2. The Labute approximate surface area is 148 Å². The van der Waals surface area contributed by atoms with E-state index in [4.69, 9.17) is 5.73 Å². The third kappa shape index (κ3) is 3.68. The molecule has 0 spiro atoms. The first-order valence-corrected chi connectivity index (χ1v) is 8.46. The lowest BCUT2D eigenvalue weighted by molar-refractivity contribution is -0.120. The summed E-state index contributed by atoms with van der Waals surface area (Å²) < 4.78 is 0.955. The largest absolute Gasteiger partial charge is 0.314 e. The molecule has 1 aliphatic rings. The van der Waals surface area contributed by atoms with E-state index in [1.165, 1.54) is 24.2 Å². The van der Waals surface area contributed by atoms with Gasteiger partial charge in [-0.05, 0) is 37.5 Å². The van der Waals surface area contributed by atoms with E-state index < -0.39 is 5.54 Å². The molecule has 1 amide bonds. The van der Waals surface area contributed by atoms with Crippen molar-refractivity contribution in [1.82, 2.24) is 4.98 Å². The summed E-state index contributed by atoms with van der Waals surface area (Å²) in [6, 6.07) is 7.45. The molecule has 0 aliphatic heterocycles. The second-order valence-corrected chi connectivity index (χ2v) is 7.29. The molecule has 1 aromatic heterocycles. The van der Waals surface area contributed by atoms with Crippen molar-refractivity contribution in [3.05, 3.63) is 45.4 Å². The average Bonchev–Trinajstić information content (AvgIpc) is 3.20.